The van der Waals surface area contributed by atoms with E-state index in [0.29, 0.717) is 12.6 Å². The van der Waals surface area contributed by atoms with Crippen molar-refractivity contribution in [3.63, 3.8) is 0 Å². The summed E-state index contributed by atoms with van der Waals surface area (Å²) >= 11 is 0. The average Bonchev–Trinajstić information content (AvgIpc) is 2.36. The summed E-state index contributed by atoms with van der Waals surface area (Å²) in [6.45, 7) is 11.9. The Morgan fingerprint density at radius 2 is 2.16 bits per heavy atom. The summed E-state index contributed by atoms with van der Waals surface area (Å²) in [5.74, 6) is -0.767. The molecule has 112 valence electrons. The van der Waals surface area contributed by atoms with Crippen LogP contribution in [0.5, 0.6) is 0 Å². The number of carbonyl (C=O) groups is 1. The van der Waals surface area contributed by atoms with Gasteiger partial charge in [0.2, 0.25) is 0 Å². The second-order valence-corrected chi connectivity index (χ2v) is 5.66. The number of nitrogens with zero attached hydrogens (tertiary/aromatic N) is 2. The smallest absolute Gasteiger partial charge is 0.317 e. The van der Waals surface area contributed by atoms with Crippen LogP contribution in [0.2, 0.25) is 0 Å². The lowest BCUT2D eigenvalue weighted by molar-refractivity contribution is -0.140. The molecule has 0 saturated carbocycles. The molecule has 2 unspecified atom stereocenters. The summed E-state index contributed by atoms with van der Waals surface area (Å²) in [6, 6.07) is 0.789. The van der Waals surface area contributed by atoms with Crippen molar-refractivity contribution in [1.29, 1.82) is 0 Å². The number of hydrogen-bond donors (Lipinski definition) is 1. The number of carboxylic acids is 1. The molecule has 1 aliphatic heterocycles. The predicted octanol–water partition coefficient (Wildman–Crippen LogP) is 1.28. The van der Waals surface area contributed by atoms with Crippen LogP contribution in [-0.4, -0.2) is 71.8 Å². The summed E-state index contributed by atoms with van der Waals surface area (Å²) in [5, 5.41) is 9.01. The molecule has 1 aliphatic rings. The Morgan fingerprint density at radius 1 is 1.47 bits per heavy atom. The fraction of sp³-hybridized carbons (Fsp3) is 0.929. The molecule has 1 saturated heterocycles. The molecule has 1 rings (SSSR count). The number of aliphatic carboxylic acids is 1. The second-order valence-electron chi connectivity index (χ2n) is 5.66. The maximum atomic E-state index is 11.0. The zero-order valence-electron chi connectivity index (χ0n) is 12.6. The van der Waals surface area contributed by atoms with E-state index < -0.39 is 5.97 Å². The summed E-state index contributed by atoms with van der Waals surface area (Å²) in [6.07, 6.45) is 1.07. The van der Waals surface area contributed by atoms with Crippen molar-refractivity contribution in [3.8, 4) is 0 Å². The first kappa shape index (κ1) is 16.4. The molecule has 0 aromatic heterocycles. The predicted molar refractivity (Wildman–Crippen MR) is 75.4 cm³/mol. The van der Waals surface area contributed by atoms with Crippen LogP contribution < -0.4 is 0 Å². The van der Waals surface area contributed by atoms with Crippen LogP contribution in [0.4, 0.5) is 0 Å². The van der Waals surface area contributed by atoms with Crippen molar-refractivity contribution >= 4 is 5.97 Å². The van der Waals surface area contributed by atoms with Gasteiger partial charge >= 0.3 is 5.97 Å². The van der Waals surface area contributed by atoms with E-state index in [2.05, 4.69) is 32.6 Å². The first-order valence-corrected chi connectivity index (χ1v) is 7.25. The van der Waals surface area contributed by atoms with E-state index in [1.807, 2.05) is 4.90 Å². The van der Waals surface area contributed by atoms with E-state index >= 15 is 0 Å². The molecule has 19 heavy (non-hydrogen) atoms. The molecule has 5 nitrogen and oxygen atoms in total. The Bertz CT molecular complexity index is 284. The SMILES string of the molecule is CCC(C)N(CC(=O)O)CC1CN(C(C)C)CCO1. The van der Waals surface area contributed by atoms with Gasteiger partial charge in [-0.25, -0.2) is 0 Å². The Balaban J connectivity index is 2.55. The molecular weight excluding hydrogens is 244 g/mol. The maximum absolute atomic E-state index is 11.0. The van der Waals surface area contributed by atoms with Gasteiger partial charge in [0.1, 0.15) is 0 Å². The standard InChI is InChI=1S/C14H28N2O3/c1-5-12(4)16(10-14(17)18)9-13-8-15(11(2)3)6-7-19-13/h11-13H,5-10H2,1-4H3,(H,17,18). The van der Waals surface area contributed by atoms with Crippen molar-refractivity contribution in [2.24, 2.45) is 0 Å². The van der Waals surface area contributed by atoms with E-state index in [4.69, 9.17) is 9.84 Å². The Labute approximate surface area is 116 Å². The summed E-state index contributed by atoms with van der Waals surface area (Å²) < 4.78 is 5.79. The van der Waals surface area contributed by atoms with Gasteiger partial charge in [-0.2, -0.15) is 0 Å². The highest BCUT2D eigenvalue weighted by molar-refractivity contribution is 5.69. The number of rotatable bonds is 7. The van der Waals surface area contributed by atoms with E-state index in [1.165, 1.54) is 0 Å². The Hall–Kier alpha value is -0.650. The number of hydrogen-bond acceptors (Lipinski definition) is 4. The summed E-state index contributed by atoms with van der Waals surface area (Å²) in [5.41, 5.74) is 0. The van der Waals surface area contributed by atoms with Crippen molar-refractivity contribution in [2.75, 3.05) is 32.8 Å². The number of morpholine rings is 1. The highest BCUT2D eigenvalue weighted by Gasteiger charge is 2.26. The lowest BCUT2D eigenvalue weighted by Gasteiger charge is -2.38. The molecule has 0 bridgehead atoms. The third kappa shape index (κ3) is 5.47. The van der Waals surface area contributed by atoms with Gasteiger partial charge in [-0.3, -0.25) is 14.6 Å². The fourth-order valence-electron chi connectivity index (χ4n) is 2.42. The van der Waals surface area contributed by atoms with Crippen LogP contribution in [0.1, 0.15) is 34.1 Å². The van der Waals surface area contributed by atoms with E-state index in [-0.39, 0.29) is 18.7 Å². The quantitative estimate of drug-likeness (QED) is 0.756. The summed E-state index contributed by atoms with van der Waals surface area (Å²) in [4.78, 5) is 15.4. The molecule has 0 amide bonds. The van der Waals surface area contributed by atoms with Gasteiger partial charge in [-0.15, -0.1) is 0 Å². The van der Waals surface area contributed by atoms with Crippen molar-refractivity contribution < 1.29 is 14.6 Å². The average molecular weight is 272 g/mol. The molecule has 1 N–H and O–H groups in total. The highest BCUT2D eigenvalue weighted by Crippen LogP contribution is 2.12. The van der Waals surface area contributed by atoms with Crippen LogP contribution in [0, 0.1) is 0 Å². The largest absolute Gasteiger partial charge is 0.480 e. The van der Waals surface area contributed by atoms with Crippen molar-refractivity contribution in [1.82, 2.24) is 9.80 Å². The lowest BCUT2D eigenvalue weighted by Crippen LogP contribution is -2.51. The van der Waals surface area contributed by atoms with Gasteiger partial charge < -0.3 is 9.84 Å². The second kappa shape index (κ2) is 7.82. The number of carboxylic acid groups (broad SMARTS) is 1. The summed E-state index contributed by atoms with van der Waals surface area (Å²) in [7, 11) is 0. The minimum absolute atomic E-state index is 0.0938. The molecule has 0 aliphatic carbocycles. The van der Waals surface area contributed by atoms with Crippen LogP contribution in [0.3, 0.4) is 0 Å². The topological polar surface area (TPSA) is 53.0 Å². The minimum Gasteiger partial charge on any atom is -0.480 e. The minimum atomic E-state index is -0.767. The molecule has 2 atom stereocenters. The molecule has 5 heteroatoms. The van der Waals surface area contributed by atoms with Gasteiger partial charge in [-0.1, -0.05) is 6.92 Å². The molecule has 0 radical (unpaired) electrons. The fourth-order valence-corrected chi connectivity index (χ4v) is 2.42. The first-order chi connectivity index (χ1) is 8.93. The van der Waals surface area contributed by atoms with Gasteiger partial charge in [0.15, 0.2) is 0 Å². The Kier molecular flexibility index (Phi) is 6.75. The Morgan fingerprint density at radius 3 is 2.68 bits per heavy atom. The van der Waals surface area contributed by atoms with Crippen LogP contribution in [-0.2, 0) is 9.53 Å². The van der Waals surface area contributed by atoms with E-state index in [1.54, 1.807) is 0 Å². The first-order valence-electron chi connectivity index (χ1n) is 7.25. The molecule has 0 spiro atoms. The van der Waals surface area contributed by atoms with Gasteiger partial charge in [0.05, 0.1) is 19.3 Å². The van der Waals surface area contributed by atoms with E-state index in [0.717, 1.165) is 26.1 Å². The molecule has 1 heterocycles. The van der Waals surface area contributed by atoms with E-state index in [9.17, 15) is 4.79 Å². The maximum Gasteiger partial charge on any atom is 0.317 e. The number of ether oxygens (including phenoxy) is 1. The molecule has 0 aromatic carbocycles. The highest BCUT2D eigenvalue weighted by atomic mass is 16.5. The van der Waals surface area contributed by atoms with Gasteiger partial charge in [-0.05, 0) is 27.2 Å². The monoisotopic (exact) mass is 272 g/mol. The third-order valence-corrected chi connectivity index (χ3v) is 3.89. The van der Waals surface area contributed by atoms with Crippen LogP contribution >= 0.6 is 0 Å². The lowest BCUT2D eigenvalue weighted by atomic mass is 10.1. The zero-order valence-corrected chi connectivity index (χ0v) is 12.6. The molecule has 0 aromatic rings. The van der Waals surface area contributed by atoms with Gasteiger partial charge in [0, 0.05) is 31.7 Å². The van der Waals surface area contributed by atoms with Gasteiger partial charge in [0.25, 0.3) is 0 Å². The van der Waals surface area contributed by atoms with Crippen LogP contribution in [0.15, 0.2) is 0 Å². The normalized spacial score (nSPS) is 22.9. The zero-order chi connectivity index (χ0) is 14.4. The molecular formula is C14H28N2O3. The molecule has 1 fully saturated rings. The van der Waals surface area contributed by atoms with Crippen LogP contribution in [0.25, 0.3) is 0 Å². The van der Waals surface area contributed by atoms with Crippen molar-refractivity contribution in [2.45, 2.75) is 52.3 Å². The third-order valence-electron chi connectivity index (χ3n) is 3.89. The van der Waals surface area contributed by atoms with Crippen molar-refractivity contribution in [3.05, 3.63) is 0 Å².